The summed E-state index contributed by atoms with van der Waals surface area (Å²) >= 11 is 1.26. The molecule has 5 heteroatoms. The second-order valence-corrected chi connectivity index (χ2v) is 5.50. The van der Waals surface area contributed by atoms with Crippen molar-refractivity contribution in [2.24, 2.45) is 5.92 Å². The molecule has 1 heterocycles. The molecule has 1 saturated carbocycles. The highest BCUT2D eigenvalue weighted by Crippen LogP contribution is 2.30. The lowest BCUT2D eigenvalue weighted by atomic mass is 9.80. The monoisotopic (exact) mass is 240 g/mol. The minimum absolute atomic E-state index is 0.230. The summed E-state index contributed by atoms with van der Waals surface area (Å²) in [7, 11) is 0. The molecule has 0 saturated heterocycles. The summed E-state index contributed by atoms with van der Waals surface area (Å²) in [6, 6.07) is 3.94. The lowest BCUT2D eigenvalue weighted by molar-refractivity contribution is -0.380. The fourth-order valence-corrected chi connectivity index (χ4v) is 2.70. The van der Waals surface area contributed by atoms with Gasteiger partial charge >= 0.3 is 5.00 Å². The van der Waals surface area contributed by atoms with Crippen LogP contribution in [-0.2, 0) is 6.54 Å². The maximum absolute atomic E-state index is 10.5. The molecule has 16 heavy (non-hydrogen) atoms. The molecular weight excluding hydrogens is 224 g/mol. The lowest BCUT2D eigenvalue weighted by Gasteiger charge is -2.31. The van der Waals surface area contributed by atoms with E-state index in [0.717, 1.165) is 17.3 Å². The van der Waals surface area contributed by atoms with Crippen LogP contribution in [0.1, 0.15) is 31.1 Å². The van der Waals surface area contributed by atoms with Crippen molar-refractivity contribution in [1.82, 2.24) is 5.32 Å². The van der Waals surface area contributed by atoms with Crippen molar-refractivity contribution in [1.29, 1.82) is 0 Å². The molecule has 1 aromatic rings. The van der Waals surface area contributed by atoms with Crippen LogP contribution in [0.25, 0.3) is 0 Å². The van der Waals surface area contributed by atoms with Gasteiger partial charge < -0.3 is 5.32 Å². The van der Waals surface area contributed by atoms with Gasteiger partial charge in [-0.15, -0.1) is 0 Å². The van der Waals surface area contributed by atoms with Crippen molar-refractivity contribution < 1.29 is 4.92 Å². The fourth-order valence-electron chi connectivity index (χ4n) is 1.93. The highest BCUT2D eigenvalue weighted by Gasteiger charge is 2.23. The zero-order valence-electron chi connectivity index (χ0n) is 9.31. The van der Waals surface area contributed by atoms with E-state index in [-0.39, 0.29) is 9.92 Å². The average Bonchev–Trinajstić information content (AvgIpc) is 2.60. The second kappa shape index (κ2) is 4.93. The fraction of sp³-hybridized carbons (Fsp3) is 0.636. The predicted octanol–water partition coefficient (Wildman–Crippen LogP) is 2.93. The SMILES string of the molecule is CC(NCc1ccc([N+](=O)[O-])s1)C1CCC1. The third-order valence-corrected chi connectivity index (χ3v) is 4.32. The van der Waals surface area contributed by atoms with Gasteiger partial charge in [0.25, 0.3) is 0 Å². The molecular formula is C11H16N2O2S. The van der Waals surface area contributed by atoms with Gasteiger partial charge in [-0.2, -0.15) is 0 Å². The van der Waals surface area contributed by atoms with Crippen LogP contribution in [0.15, 0.2) is 12.1 Å². The maximum Gasteiger partial charge on any atom is 0.324 e. The standard InChI is InChI=1S/C11H16N2O2S/c1-8(9-3-2-4-9)12-7-10-5-6-11(16-10)13(14)15/h5-6,8-9,12H,2-4,7H2,1H3. The first-order chi connectivity index (χ1) is 7.66. The Balaban J connectivity index is 1.81. The Hall–Kier alpha value is -0.940. The van der Waals surface area contributed by atoms with Gasteiger partial charge in [-0.1, -0.05) is 17.8 Å². The first-order valence-corrected chi connectivity index (χ1v) is 6.45. The highest BCUT2D eigenvalue weighted by atomic mass is 32.1. The predicted molar refractivity (Wildman–Crippen MR) is 64.6 cm³/mol. The first kappa shape index (κ1) is 11.5. The molecule has 1 aliphatic carbocycles. The summed E-state index contributed by atoms with van der Waals surface area (Å²) in [6.45, 7) is 2.95. The number of hydrogen-bond acceptors (Lipinski definition) is 4. The van der Waals surface area contributed by atoms with Crippen molar-refractivity contribution in [2.45, 2.75) is 38.8 Å². The van der Waals surface area contributed by atoms with E-state index in [1.807, 2.05) is 6.07 Å². The molecule has 1 aliphatic rings. The summed E-state index contributed by atoms with van der Waals surface area (Å²) in [5.74, 6) is 0.801. The second-order valence-electron chi connectivity index (χ2n) is 4.36. The Bertz CT molecular complexity index is 374. The molecule has 4 nitrogen and oxygen atoms in total. The van der Waals surface area contributed by atoms with E-state index in [9.17, 15) is 10.1 Å². The third kappa shape index (κ3) is 2.59. The van der Waals surface area contributed by atoms with Crippen molar-refractivity contribution >= 4 is 16.3 Å². The van der Waals surface area contributed by atoms with E-state index in [4.69, 9.17) is 0 Å². The smallest absolute Gasteiger partial charge is 0.309 e. The summed E-state index contributed by atoms with van der Waals surface area (Å²) in [5.41, 5.74) is 0. The molecule has 0 bridgehead atoms. The van der Waals surface area contributed by atoms with Gasteiger partial charge in [-0.25, -0.2) is 0 Å². The molecule has 0 aliphatic heterocycles. The van der Waals surface area contributed by atoms with Crippen LogP contribution in [0.4, 0.5) is 5.00 Å². The van der Waals surface area contributed by atoms with E-state index in [1.54, 1.807) is 6.07 Å². The van der Waals surface area contributed by atoms with E-state index >= 15 is 0 Å². The molecule has 2 rings (SSSR count). The molecule has 0 radical (unpaired) electrons. The van der Waals surface area contributed by atoms with E-state index < -0.39 is 0 Å². The summed E-state index contributed by atoms with van der Waals surface area (Å²) < 4.78 is 0. The number of thiophene rings is 1. The van der Waals surface area contributed by atoms with Gasteiger partial charge in [0.15, 0.2) is 0 Å². The van der Waals surface area contributed by atoms with Crippen molar-refractivity contribution in [3.63, 3.8) is 0 Å². The Kier molecular flexibility index (Phi) is 3.56. The van der Waals surface area contributed by atoms with Gasteiger partial charge in [0.2, 0.25) is 0 Å². The Labute approximate surface area is 98.8 Å². The lowest BCUT2D eigenvalue weighted by Crippen LogP contribution is -2.36. The number of nitrogens with zero attached hydrogens (tertiary/aromatic N) is 1. The van der Waals surface area contributed by atoms with Crippen LogP contribution in [0.2, 0.25) is 0 Å². The normalized spacial score (nSPS) is 18.1. The maximum atomic E-state index is 10.5. The third-order valence-electron chi connectivity index (χ3n) is 3.28. The molecule has 1 N–H and O–H groups in total. The number of nitro groups is 1. The van der Waals surface area contributed by atoms with E-state index in [2.05, 4.69) is 12.2 Å². The number of hydrogen-bond donors (Lipinski definition) is 1. The van der Waals surface area contributed by atoms with Gasteiger partial charge in [-0.05, 0) is 31.7 Å². The summed E-state index contributed by atoms with van der Waals surface area (Å²) in [6.07, 6.45) is 3.98. The number of nitrogens with one attached hydrogen (secondary N) is 1. The highest BCUT2D eigenvalue weighted by molar-refractivity contribution is 7.15. The van der Waals surface area contributed by atoms with Gasteiger partial charge in [0.05, 0.1) is 4.92 Å². The Morgan fingerprint density at radius 2 is 2.38 bits per heavy atom. The minimum Gasteiger partial charge on any atom is -0.309 e. The van der Waals surface area contributed by atoms with Crippen LogP contribution >= 0.6 is 11.3 Å². The molecule has 1 aromatic heterocycles. The van der Waals surface area contributed by atoms with Crippen molar-refractivity contribution in [3.8, 4) is 0 Å². The molecule has 0 spiro atoms. The molecule has 0 amide bonds. The van der Waals surface area contributed by atoms with Crippen LogP contribution in [0, 0.1) is 16.0 Å². The molecule has 1 atom stereocenters. The van der Waals surface area contributed by atoms with Crippen LogP contribution in [0.5, 0.6) is 0 Å². The van der Waals surface area contributed by atoms with Gasteiger partial charge in [0.1, 0.15) is 0 Å². The molecule has 0 aromatic carbocycles. The minimum atomic E-state index is -0.330. The van der Waals surface area contributed by atoms with Crippen molar-refractivity contribution in [3.05, 3.63) is 27.1 Å². The van der Waals surface area contributed by atoms with E-state index in [1.165, 1.54) is 30.6 Å². The van der Waals surface area contributed by atoms with Crippen molar-refractivity contribution in [2.75, 3.05) is 0 Å². The zero-order chi connectivity index (χ0) is 11.5. The summed E-state index contributed by atoms with van der Waals surface area (Å²) in [4.78, 5) is 11.2. The Morgan fingerprint density at radius 1 is 1.62 bits per heavy atom. The number of rotatable bonds is 5. The molecule has 1 unspecified atom stereocenters. The Morgan fingerprint density at radius 3 is 2.88 bits per heavy atom. The van der Waals surface area contributed by atoms with Crippen LogP contribution in [0.3, 0.4) is 0 Å². The zero-order valence-corrected chi connectivity index (χ0v) is 10.1. The average molecular weight is 240 g/mol. The van der Waals surface area contributed by atoms with Crippen LogP contribution < -0.4 is 5.32 Å². The van der Waals surface area contributed by atoms with Crippen LogP contribution in [-0.4, -0.2) is 11.0 Å². The first-order valence-electron chi connectivity index (χ1n) is 5.63. The van der Waals surface area contributed by atoms with E-state index in [0.29, 0.717) is 6.04 Å². The molecule has 88 valence electrons. The molecule has 1 fully saturated rings. The van der Waals surface area contributed by atoms with Gasteiger partial charge in [0, 0.05) is 23.5 Å². The summed E-state index contributed by atoms with van der Waals surface area (Å²) in [5, 5.41) is 14.2. The quantitative estimate of drug-likeness (QED) is 0.636. The largest absolute Gasteiger partial charge is 0.324 e. The topological polar surface area (TPSA) is 55.2 Å². The van der Waals surface area contributed by atoms with Gasteiger partial charge in [-0.3, -0.25) is 10.1 Å².